The molecule has 2 rings (SSSR count). The lowest BCUT2D eigenvalue weighted by Crippen LogP contribution is -2.40. The summed E-state index contributed by atoms with van der Waals surface area (Å²) in [6, 6.07) is 0. The molecule has 0 saturated heterocycles. The van der Waals surface area contributed by atoms with Gasteiger partial charge in [-0.3, -0.25) is 0 Å². The van der Waals surface area contributed by atoms with Crippen LogP contribution in [0.1, 0.15) is 53.9 Å². The Bertz CT molecular complexity index is 400. The molecule has 2 aliphatic rings. The molecule has 0 heterocycles. The molecular formula is C18H36Cl2F4N2O2. The Balaban J connectivity index is -0.000000452. The van der Waals surface area contributed by atoms with Crippen molar-refractivity contribution < 1.29 is 27.1 Å². The summed E-state index contributed by atoms with van der Waals surface area (Å²) in [4.78, 5) is 12.7. The Morgan fingerprint density at radius 2 is 1.54 bits per heavy atom. The molecule has 172 valence electrons. The van der Waals surface area contributed by atoms with Gasteiger partial charge in [0.1, 0.15) is 5.60 Å². The molecule has 0 aliphatic heterocycles. The Hall–Kier alpha value is -0.470. The van der Waals surface area contributed by atoms with Crippen LogP contribution in [0.15, 0.2) is 0 Å². The average Bonchev–Trinajstić information content (AvgIpc) is 3.30. The van der Waals surface area contributed by atoms with Crippen LogP contribution in [0.4, 0.5) is 22.4 Å². The highest BCUT2D eigenvalue weighted by molar-refractivity contribution is 5.85. The van der Waals surface area contributed by atoms with Gasteiger partial charge in [-0.05, 0) is 64.8 Å². The molecular weight excluding hydrogens is 423 g/mol. The van der Waals surface area contributed by atoms with E-state index in [0.29, 0.717) is 18.4 Å². The van der Waals surface area contributed by atoms with Gasteiger partial charge in [-0.1, -0.05) is 7.43 Å². The van der Waals surface area contributed by atoms with E-state index in [4.69, 9.17) is 4.74 Å². The molecule has 2 aliphatic carbocycles. The van der Waals surface area contributed by atoms with Gasteiger partial charge in [0.25, 0.3) is 12.9 Å². The minimum Gasteiger partial charge on any atom is -0.444 e. The molecule has 0 atom stereocenters. The first-order valence-corrected chi connectivity index (χ1v) is 8.81. The van der Waals surface area contributed by atoms with Crippen LogP contribution in [0.5, 0.6) is 0 Å². The van der Waals surface area contributed by atoms with Crippen molar-refractivity contribution in [1.29, 1.82) is 0 Å². The van der Waals surface area contributed by atoms with Crippen molar-refractivity contribution in [2.75, 3.05) is 26.2 Å². The third-order valence-corrected chi connectivity index (χ3v) is 3.61. The molecule has 10 heteroatoms. The second kappa shape index (κ2) is 15.4. The summed E-state index contributed by atoms with van der Waals surface area (Å²) < 4.78 is 52.6. The van der Waals surface area contributed by atoms with Crippen molar-refractivity contribution in [3.8, 4) is 0 Å². The fraction of sp³-hybridized carbons (Fsp3) is 0.944. The molecule has 0 radical (unpaired) electrons. The quantitative estimate of drug-likeness (QED) is 0.479. The normalized spacial score (nSPS) is 15.5. The largest absolute Gasteiger partial charge is 0.444 e. The number of hydrogen-bond donors (Lipinski definition) is 1. The van der Waals surface area contributed by atoms with Crippen LogP contribution >= 0.6 is 24.8 Å². The number of ether oxygens (including phenoxy) is 1. The van der Waals surface area contributed by atoms with Gasteiger partial charge in [0.05, 0.1) is 13.1 Å². The molecule has 1 amide bonds. The summed E-state index contributed by atoms with van der Waals surface area (Å²) >= 11 is 0. The third-order valence-electron chi connectivity index (χ3n) is 3.61. The van der Waals surface area contributed by atoms with Crippen LogP contribution in [0.2, 0.25) is 0 Å². The van der Waals surface area contributed by atoms with Crippen molar-refractivity contribution in [3.63, 3.8) is 0 Å². The van der Waals surface area contributed by atoms with E-state index < -0.39 is 31.1 Å². The van der Waals surface area contributed by atoms with Gasteiger partial charge in [-0.25, -0.2) is 22.4 Å². The maximum absolute atomic E-state index is 12.3. The number of rotatable bonds is 8. The number of alkyl halides is 4. The highest BCUT2D eigenvalue weighted by Gasteiger charge is 2.30. The molecule has 0 unspecified atom stereocenters. The minimum absolute atomic E-state index is 0. The summed E-state index contributed by atoms with van der Waals surface area (Å²) in [7, 11) is 0. The first-order valence-electron chi connectivity index (χ1n) is 8.81. The van der Waals surface area contributed by atoms with Crippen molar-refractivity contribution in [1.82, 2.24) is 10.2 Å². The van der Waals surface area contributed by atoms with Gasteiger partial charge < -0.3 is 15.0 Å². The van der Waals surface area contributed by atoms with Crippen LogP contribution in [0, 0.1) is 11.8 Å². The van der Waals surface area contributed by atoms with Crippen LogP contribution in [0.3, 0.4) is 0 Å². The van der Waals surface area contributed by atoms with Gasteiger partial charge >= 0.3 is 6.09 Å². The van der Waals surface area contributed by atoms with Crippen LogP contribution in [-0.4, -0.2) is 55.6 Å². The maximum atomic E-state index is 12.3. The van der Waals surface area contributed by atoms with Crippen molar-refractivity contribution in [2.45, 2.75) is 72.3 Å². The van der Waals surface area contributed by atoms with E-state index in [9.17, 15) is 22.4 Å². The summed E-state index contributed by atoms with van der Waals surface area (Å²) in [5.74, 6) is 1.08. The van der Waals surface area contributed by atoms with Crippen molar-refractivity contribution in [3.05, 3.63) is 0 Å². The van der Waals surface area contributed by atoms with Crippen molar-refractivity contribution >= 4 is 30.9 Å². The third kappa shape index (κ3) is 18.9. The fourth-order valence-corrected chi connectivity index (χ4v) is 2.05. The molecule has 4 nitrogen and oxygen atoms in total. The molecule has 0 spiro atoms. The molecule has 0 aromatic heterocycles. The molecule has 0 aromatic rings. The van der Waals surface area contributed by atoms with Crippen LogP contribution < -0.4 is 5.32 Å². The van der Waals surface area contributed by atoms with Gasteiger partial charge in [0.2, 0.25) is 0 Å². The van der Waals surface area contributed by atoms with E-state index in [0.717, 1.165) is 24.3 Å². The monoisotopic (exact) mass is 458 g/mol. The highest BCUT2D eigenvalue weighted by Crippen LogP contribution is 2.30. The van der Waals surface area contributed by atoms with Crippen LogP contribution in [0.25, 0.3) is 0 Å². The average molecular weight is 459 g/mol. The minimum atomic E-state index is -2.51. The molecule has 28 heavy (non-hydrogen) atoms. The lowest BCUT2D eigenvalue weighted by atomic mass is 10.2. The zero-order valence-electron chi connectivity index (χ0n) is 16.1. The number of carbonyl (C=O) groups excluding carboxylic acids is 1. The summed E-state index contributed by atoms with van der Waals surface area (Å²) in [6.07, 6.45) is -0.868. The molecule has 1 N–H and O–H groups in total. The van der Waals surface area contributed by atoms with Crippen molar-refractivity contribution in [2.24, 2.45) is 11.8 Å². The lowest BCUT2D eigenvalue weighted by molar-refractivity contribution is 0.00918. The van der Waals surface area contributed by atoms with E-state index in [1.54, 1.807) is 20.8 Å². The second-order valence-corrected chi connectivity index (χ2v) is 7.71. The number of carbonyl (C=O) groups is 1. The topological polar surface area (TPSA) is 41.6 Å². The summed E-state index contributed by atoms with van der Waals surface area (Å²) in [6.45, 7) is 5.67. The fourth-order valence-electron chi connectivity index (χ4n) is 2.05. The predicted molar refractivity (Wildman–Crippen MR) is 109 cm³/mol. The number of hydrogen-bond acceptors (Lipinski definition) is 3. The zero-order valence-corrected chi connectivity index (χ0v) is 17.7. The Morgan fingerprint density at radius 1 is 1.04 bits per heavy atom. The van der Waals surface area contributed by atoms with Gasteiger partial charge in [0, 0.05) is 6.54 Å². The Morgan fingerprint density at radius 3 is 1.89 bits per heavy atom. The number of amides is 1. The lowest BCUT2D eigenvalue weighted by Gasteiger charge is -2.27. The Labute approximate surface area is 178 Å². The molecule has 2 saturated carbocycles. The molecule has 2 fully saturated rings. The van der Waals surface area contributed by atoms with Gasteiger partial charge in [-0.2, -0.15) is 0 Å². The zero-order chi connectivity index (χ0) is 19.0. The first-order chi connectivity index (χ1) is 11.6. The van der Waals surface area contributed by atoms with Gasteiger partial charge in [-0.15, -0.1) is 24.8 Å². The molecule has 0 bridgehead atoms. The predicted octanol–water partition coefficient (Wildman–Crippen LogP) is 5.63. The summed E-state index contributed by atoms with van der Waals surface area (Å²) in [5, 5.41) is 2.70. The van der Waals surface area contributed by atoms with Crippen LogP contribution in [-0.2, 0) is 4.74 Å². The summed E-state index contributed by atoms with van der Waals surface area (Å²) in [5.41, 5.74) is -0.638. The van der Waals surface area contributed by atoms with Gasteiger partial charge in [0.15, 0.2) is 0 Å². The van der Waals surface area contributed by atoms with E-state index >= 15 is 0 Å². The first kappa shape index (κ1) is 32.2. The number of nitrogens with one attached hydrogen (secondary N) is 1. The Kier molecular flexibility index (Phi) is 17.7. The van der Waals surface area contributed by atoms with E-state index in [1.165, 1.54) is 12.8 Å². The standard InChI is InChI=1S/C11H19F2NO2.C6H11F2N.CH4.2ClH/c1-11(2,3)16-10(15)14(7-9(12)13)6-8-4-5-8;7-6(8)4-9-3-5-1-2-5;;;/h8-9H,4-7H2,1-3H3;5-6,9H,1-4H2;1H4;2*1H. The van der Waals surface area contributed by atoms with E-state index in [1.807, 2.05) is 0 Å². The second-order valence-electron chi connectivity index (χ2n) is 7.71. The highest BCUT2D eigenvalue weighted by atomic mass is 35.5. The van der Waals surface area contributed by atoms with E-state index in [2.05, 4.69) is 5.32 Å². The number of nitrogens with zero attached hydrogens (tertiary/aromatic N) is 1. The maximum Gasteiger partial charge on any atom is 0.410 e. The molecule has 0 aromatic carbocycles. The number of halogens is 6. The smallest absolute Gasteiger partial charge is 0.410 e. The SMILES string of the molecule is C.CC(C)(C)OC(=O)N(CC(F)F)CC1CC1.Cl.Cl.FC(F)CNCC1CC1. The van der Waals surface area contributed by atoms with E-state index in [-0.39, 0.29) is 38.8 Å².